The molecule has 1 saturated carbocycles. The minimum atomic E-state index is -0.636. The molecule has 0 bridgehead atoms. The number of nitrogens with one attached hydrogen (secondary N) is 2. The number of nitrogens with zero attached hydrogens (tertiary/aromatic N) is 2. The maximum atomic E-state index is 12.9. The molecule has 0 aromatic heterocycles. The van der Waals surface area contributed by atoms with Gasteiger partial charge in [-0.2, -0.15) is 0 Å². The van der Waals surface area contributed by atoms with E-state index in [4.69, 9.17) is 0 Å². The van der Waals surface area contributed by atoms with Crippen molar-refractivity contribution in [1.29, 1.82) is 0 Å². The Balaban J connectivity index is 1.45. The Labute approximate surface area is 176 Å². The molecule has 3 aliphatic rings. The number of hydrogen-bond acceptors (Lipinski definition) is 4. The molecule has 2 heterocycles. The van der Waals surface area contributed by atoms with Crippen LogP contribution in [0.5, 0.6) is 0 Å². The molecule has 1 atom stereocenters. The van der Waals surface area contributed by atoms with Crippen molar-refractivity contribution in [3.05, 3.63) is 34.9 Å². The summed E-state index contributed by atoms with van der Waals surface area (Å²) >= 11 is 0. The van der Waals surface area contributed by atoms with Crippen LogP contribution < -0.4 is 10.6 Å². The molecule has 160 valence electrons. The Morgan fingerprint density at radius 1 is 1.17 bits per heavy atom. The van der Waals surface area contributed by atoms with Gasteiger partial charge in [0, 0.05) is 38.2 Å². The van der Waals surface area contributed by atoms with Gasteiger partial charge in [-0.05, 0) is 36.5 Å². The van der Waals surface area contributed by atoms with Crippen LogP contribution in [-0.2, 0) is 22.7 Å². The minimum absolute atomic E-state index is 0.106. The number of carbonyl (C=O) groups is 4. The van der Waals surface area contributed by atoms with E-state index in [1.165, 1.54) is 11.3 Å². The van der Waals surface area contributed by atoms with E-state index in [0.717, 1.165) is 36.8 Å². The van der Waals surface area contributed by atoms with Crippen LogP contribution in [0.15, 0.2) is 18.2 Å². The Bertz CT molecular complexity index is 878. The fraction of sp³-hybridized carbons (Fsp3) is 0.545. The van der Waals surface area contributed by atoms with Crippen LogP contribution in [0.25, 0.3) is 0 Å². The summed E-state index contributed by atoms with van der Waals surface area (Å²) in [6.45, 7) is 0.701. The lowest BCUT2D eigenvalue weighted by atomic mass is 9.96. The molecule has 1 unspecified atom stereocenters. The summed E-state index contributed by atoms with van der Waals surface area (Å²) in [5.74, 6) is -0.916. The van der Waals surface area contributed by atoms with Gasteiger partial charge in [-0.15, -0.1) is 0 Å². The van der Waals surface area contributed by atoms with Crippen LogP contribution >= 0.6 is 0 Å². The van der Waals surface area contributed by atoms with E-state index in [1.54, 1.807) is 18.0 Å². The molecule has 1 aromatic carbocycles. The van der Waals surface area contributed by atoms with Crippen LogP contribution in [0, 0.1) is 0 Å². The number of amides is 5. The Morgan fingerprint density at radius 3 is 2.67 bits per heavy atom. The van der Waals surface area contributed by atoms with Gasteiger partial charge < -0.3 is 15.1 Å². The molecule has 1 aromatic rings. The van der Waals surface area contributed by atoms with Gasteiger partial charge in [0.1, 0.15) is 6.04 Å². The van der Waals surface area contributed by atoms with Gasteiger partial charge in [0.25, 0.3) is 5.91 Å². The first-order valence-electron chi connectivity index (χ1n) is 10.7. The van der Waals surface area contributed by atoms with Gasteiger partial charge in [-0.25, -0.2) is 4.79 Å². The summed E-state index contributed by atoms with van der Waals surface area (Å²) in [5.41, 5.74) is 2.32. The first kappa shape index (κ1) is 20.4. The fourth-order valence-corrected chi connectivity index (χ4v) is 4.66. The highest BCUT2D eigenvalue weighted by atomic mass is 16.2. The number of fused-ring (bicyclic) bond motifs is 1. The van der Waals surface area contributed by atoms with Crippen molar-refractivity contribution < 1.29 is 19.2 Å². The monoisotopic (exact) mass is 412 g/mol. The summed E-state index contributed by atoms with van der Waals surface area (Å²) < 4.78 is 0. The topological polar surface area (TPSA) is 98.8 Å². The summed E-state index contributed by atoms with van der Waals surface area (Å²) in [6.07, 6.45) is 6.15. The van der Waals surface area contributed by atoms with E-state index in [0.29, 0.717) is 25.1 Å². The van der Waals surface area contributed by atoms with Crippen molar-refractivity contribution in [3.8, 4) is 0 Å². The summed E-state index contributed by atoms with van der Waals surface area (Å²) in [6, 6.07) is 4.99. The molecular formula is C22H28N4O4. The zero-order valence-corrected chi connectivity index (χ0v) is 17.3. The predicted molar refractivity (Wildman–Crippen MR) is 109 cm³/mol. The molecule has 1 saturated heterocycles. The van der Waals surface area contributed by atoms with E-state index in [1.807, 2.05) is 12.1 Å². The molecule has 8 nitrogen and oxygen atoms in total. The molecule has 4 rings (SSSR count). The lowest BCUT2D eigenvalue weighted by Crippen LogP contribution is -2.52. The van der Waals surface area contributed by atoms with Gasteiger partial charge in [-0.3, -0.25) is 19.7 Å². The first-order chi connectivity index (χ1) is 14.4. The number of imide groups is 1. The Hall–Kier alpha value is -2.90. The normalized spacial score (nSPS) is 22.0. The molecule has 2 N–H and O–H groups in total. The van der Waals surface area contributed by atoms with Gasteiger partial charge in [0.15, 0.2) is 0 Å². The molecule has 30 heavy (non-hydrogen) atoms. The zero-order chi connectivity index (χ0) is 21.3. The highest BCUT2D eigenvalue weighted by Gasteiger charge is 2.39. The lowest BCUT2D eigenvalue weighted by molar-refractivity contribution is -0.136. The number of rotatable bonds is 4. The predicted octanol–water partition coefficient (Wildman–Crippen LogP) is 1.92. The summed E-state index contributed by atoms with van der Waals surface area (Å²) in [7, 11) is 1.76. The van der Waals surface area contributed by atoms with Gasteiger partial charge in [0.05, 0.1) is 0 Å². The third kappa shape index (κ3) is 4.04. The van der Waals surface area contributed by atoms with E-state index in [9.17, 15) is 19.2 Å². The average molecular weight is 412 g/mol. The number of carbonyl (C=O) groups excluding carboxylic acids is 4. The van der Waals surface area contributed by atoms with Gasteiger partial charge >= 0.3 is 6.03 Å². The SMILES string of the molecule is CN(Cc1cccc2c1CN(C1CCC(=O)NC1=O)C2=O)C(=O)NC1CCCCC1. The van der Waals surface area contributed by atoms with Crippen LogP contribution in [0.1, 0.15) is 66.4 Å². The van der Waals surface area contributed by atoms with Crippen LogP contribution in [0.4, 0.5) is 4.79 Å². The standard InChI is InChI=1S/C22H28N4O4/c1-25(22(30)23-15-7-3-2-4-8-15)12-14-6-5-9-16-17(14)13-26(21(16)29)18-10-11-19(27)24-20(18)28/h5-6,9,15,18H,2-4,7-8,10-13H2,1H3,(H,23,30)(H,24,27,28). The third-order valence-electron chi connectivity index (χ3n) is 6.37. The number of urea groups is 1. The Kier molecular flexibility index (Phi) is 5.74. The smallest absolute Gasteiger partial charge is 0.317 e. The van der Waals surface area contributed by atoms with Gasteiger partial charge in [0.2, 0.25) is 11.8 Å². The Morgan fingerprint density at radius 2 is 1.93 bits per heavy atom. The lowest BCUT2D eigenvalue weighted by Gasteiger charge is -2.29. The first-order valence-corrected chi connectivity index (χ1v) is 10.7. The largest absolute Gasteiger partial charge is 0.335 e. The van der Waals surface area contributed by atoms with E-state index in [-0.39, 0.29) is 30.3 Å². The second kappa shape index (κ2) is 8.45. The van der Waals surface area contributed by atoms with Crippen molar-refractivity contribution in [3.63, 3.8) is 0 Å². The van der Waals surface area contributed by atoms with E-state index < -0.39 is 11.9 Å². The van der Waals surface area contributed by atoms with Crippen molar-refractivity contribution in [2.75, 3.05) is 7.05 Å². The van der Waals surface area contributed by atoms with Crippen molar-refractivity contribution in [1.82, 2.24) is 20.4 Å². The van der Waals surface area contributed by atoms with Crippen molar-refractivity contribution >= 4 is 23.8 Å². The molecule has 0 radical (unpaired) electrons. The summed E-state index contributed by atoms with van der Waals surface area (Å²) in [5, 5.41) is 5.43. The molecule has 2 fully saturated rings. The maximum absolute atomic E-state index is 12.9. The third-order valence-corrected chi connectivity index (χ3v) is 6.37. The van der Waals surface area contributed by atoms with Gasteiger partial charge in [-0.1, -0.05) is 31.4 Å². The molecule has 8 heteroatoms. The second-order valence-electron chi connectivity index (χ2n) is 8.48. The van der Waals surface area contributed by atoms with E-state index in [2.05, 4.69) is 10.6 Å². The number of benzene rings is 1. The molecule has 1 aliphatic carbocycles. The average Bonchev–Trinajstić information content (AvgIpc) is 3.06. The van der Waals surface area contributed by atoms with Crippen molar-refractivity contribution in [2.45, 2.75) is 70.1 Å². The maximum Gasteiger partial charge on any atom is 0.317 e. The molecule has 0 spiro atoms. The fourth-order valence-electron chi connectivity index (χ4n) is 4.66. The highest BCUT2D eigenvalue weighted by Crippen LogP contribution is 2.30. The second-order valence-corrected chi connectivity index (χ2v) is 8.48. The zero-order valence-electron chi connectivity index (χ0n) is 17.3. The van der Waals surface area contributed by atoms with E-state index >= 15 is 0 Å². The minimum Gasteiger partial charge on any atom is -0.335 e. The molecular weight excluding hydrogens is 384 g/mol. The highest BCUT2D eigenvalue weighted by molar-refractivity contribution is 6.05. The van der Waals surface area contributed by atoms with Crippen LogP contribution in [-0.4, -0.2) is 52.7 Å². The molecule has 2 aliphatic heterocycles. The summed E-state index contributed by atoms with van der Waals surface area (Å²) in [4.78, 5) is 52.4. The number of piperidine rings is 1. The quantitative estimate of drug-likeness (QED) is 0.738. The number of hydrogen-bond donors (Lipinski definition) is 2. The van der Waals surface area contributed by atoms with Crippen LogP contribution in [0.2, 0.25) is 0 Å². The van der Waals surface area contributed by atoms with Crippen LogP contribution in [0.3, 0.4) is 0 Å². The molecule has 5 amide bonds. The van der Waals surface area contributed by atoms with Crippen molar-refractivity contribution in [2.24, 2.45) is 0 Å².